The molecule has 0 bridgehead atoms. The fourth-order valence-electron chi connectivity index (χ4n) is 4.79. The van der Waals surface area contributed by atoms with E-state index in [1.807, 2.05) is 0 Å². The van der Waals surface area contributed by atoms with Crippen LogP contribution in [0.15, 0.2) is 91.0 Å². The van der Waals surface area contributed by atoms with E-state index in [2.05, 4.69) is 103 Å². The summed E-state index contributed by atoms with van der Waals surface area (Å²) >= 11 is 6.63. The van der Waals surface area contributed by atoms with Crippen molar-refractivity contribution in [2.75, 3.05) is 0 Å². The van der Waals surface area contributed by atoms with Crippen LogP contribution in [-0.2, 0) is 18.9 Å². The third-order valence-electron chi connectivity index (χ3n) is 6.01. The van der Waals surface area contributed by atoms with Crippen LogP contribution in [0.2, 0.25) is 0 Å². The minimum Gasteiger partial charge on any atom is -0.343 e. The number of hydrogen-bond donors (Lipinski definition) is 0. The average molecular weight is 395 g/mol. The second kappa shape index (κ2) is 5.67. The molecule has 1 aliphatic heterocycles. The van der Waals surface area contributed by atoms with Gasteiger partial charge in [0, 0.05) is 40.0 Å². The van der Waals surface area contributed by atoms with Crippen LogP contribution in [0.3, 0.4) is 0 Å². The second-order valence-electron chi connectivity index (χ2n) is 7.40. The van der Waals surface area contributed by atoms with Crippen molar-refractivity contribution in [3.05, 3.63) is 91.0 Å². The standard InChI is InChI=1S/C25H18NPS/c1-26-22-13-7-5-11-18(22)20-15-16-21-19-12-6-8-14-23(19)27(28,25(21)24(20)26)17-9-3-2-4-10-17/h2-16H,1H3. The van der Waals surface area contributed by atoms with E-state index in [0.29, 0.717) is 0 Å². The molecule has 0 amide bonds. The molecular weight excluding hydrogens is 377 g/mol. The minimum absolute atomic E-state index is 1.26. The van der Waals surface area contributed by atoms with Gasteiger partial charge in [-0.2, -0.15) is 0 Å². The molecule has 1 unspecified atom stereocenters. The monoisotopic (exact) mass is 395 g/mol. The Labute approximate surface area is 169 Å². The van der Waals surface area contributed by atoms with Crippen molar-refractivity contribution in [3.63, 3.8) is 0 Å². The molecule has 1 aliphatic rings. The number of benzene rings is 4. The molecule has 1 aromatic heterocycles. The van der Waals surface area contributed by atoms with E-state index in [-0.39, 0.29) is 0 Å². The summed E-state index contributed by atoms with van der Waals surface area (Å²) in [6.45, 7) is 0. The maximum absolute atomic E-state index is 6.63. The van der Waals surface area contributed by atoms with Crippen molar-refractivity contribution in [3.8, 4) is 11.1 Å². The third kappa shape index (κ3) is 1.90. The van der Waals surface area contributed by atoms with Crippen LogP contribution >= 0.6 is 6.04 Å². The van der Waals surface area contributed by atoms with Gasteiger partial charge in [-0.15, -0.1) is 0 Å². The van der Waals surface area contributed by atoms with Gasteiger partial charge in [-0.1, -0.05) is 96.7 Å². The van der Waals surface area contributed by atoms with Crippen LogP contribution in [0.4, 0.5) is 0 Å². The summed E-state index contributed by atoms with van der Waals surface area (Å²) in [5, 5.41) is 6.55. The van der Waals surface area contributed by atoms with Crippen molar-refractivity contribution in [1.82, 2.24) is 4.57 Å². The van der Waals surface area contributed by atoms with Gasteiger partial charge in [0.2, 0.25) is 0 Å². The molecule has 6 rings (SSSR count). The van der Waals surface area contributed by atoms with Crippen molar-refractivity contribution < 1.29 is 0 Å². The Morgan fingerprint density at radius 3 is 2.25 bits per heavy atom. The van der Waals surface area contributed by atoms with Crippen LogP contribution in [-0.4, -0.2) is 4.57 Å². The van der Waals surface area contributed by atoms with Gasteiger partial charge in [0.25, 0.3) is 0 Å². The highest BCUT2D eigenvalue weighted by Crippen LogP contribution is 2.54. The van der Waals surface area contributed by atoms with E-state index < -0.39 is 6.04 Å². The van der Waals surface area contributed by atoms with Crippen molar-refractivity contribution in [2.45, 2.75) is 0 Å². The molecule has 0 radical (unpaired) electrons. The quantitative estimate of drug-likeness (QED) is 0.352. The molecule has 134 valence electrons. The summed E-state index contributed by atoms with van der Waals surface area (Å²) in [5.74, 6) is 0. The lowest BCUT2D eigenvalue weighted by Crippen LogP contribution is -2.21. The first kappa shape index (κ1) is 16.3. The predicted octanol–water partition coefficient (Wildman–Crippen LogP) is 5.07. The Balaban J connectivity index is 1.87. The highest BCUT2D eigenvalue weighted by Gasteiger charge is 2.38. The predicted molar refractivity (Wildman–Crippen MR) is 125 cm³/mol. The zero-order chi connectivity index (χ0) is 18.9. The van der Waals surface area contributed by atoms with Gasteiger partial charge >= 0.3 is 0 Å². The second-order valence-corrected chi connectivity index (χ2v) is 11.7. The van der Waals surface area contributed by atoms with Gasteiger partial charge in [-0.05, 0) is 22.5 Å². The molecule has 0 saturated carbocycles. The van der Waals surface area contributed by atoms with E-state index >= 15 is 0 Å². The maximum atomic E-state index is 6.63. The number of aromatic nitrogens is 1. The fraction of sp³-hybridized carbons (Fsp3) is 0.0400. The topological polar surface area (TPSA) is 4.93 Å². The molecule has 4 aromatic carbocycles. The van der Waals surface area contributed by atoms with Gasteiger partial charge < -0.3 is 4.57 Å². The highest BCUT2D eigenvalue weighted by atomic mass is 32.4. The van der Waals surface area contributed by atoms with Gasteiger partial charge in [-0.3, -0.25) is 0 Å². The molecule has 28 heavy (non-hydrogen) atoms. The Hall–Kier alpha value is -2.67. The molecule has 0 spiro atoms. The van der Waals surface area contributed by atoms with E-state index in [1.165, 1.54) is 48.8 Å². The molecule has 0 saturated heterocycles. The largest absolute Gasteiger partial charge is 0.343 e. The first-order valence-electron chi connectivity index (χ1n) is 9.47. The van der Waals surface area contributed by atoms with Crippen molar-refractivity contribution in [1.29, 1.82) is 0 Å². The van der Waals surface area contributed by atoms with E-state index in [9.17, 15) is 0 Å². The van der Waals surface area contributed by atoms with E-state index in [1.54, 1.807) is 0 Å². The molecule has 5 aromatic rings. The van der Waals surface area contributed by atoms with Crippen LogP contribution in [0.5, 0.6) is 0 Å². The molecule has 1 nitrogen and oxygen atoms in total. The zero-order valence-electron chi connectivity index (χ0n) is 15.5. The Kier molecular flexibility index (Phi) is 3.30. The lowest BCUT2D eigenvalue weighted by atomic mass is 10.0. The molecule has 0 fully saturated rings. The summed E-state index contributed by atoms with van der Waals surface area (Å²) in [6, 6.07) is 30.6. The normalized spacial score (nSPS) is 17.8. The van der Waals surface area contributed by atoms with E-state index in [4.69, 9.17) is 11.8 Å². The molecule has 0 aliphatic carbocycles. The summed E-state index contributed by atoms with van der Waals surface area (Å²) in [6.07, 6.45) is 0. The third-order valence-corrected chi connectivity index (χ3v) is 11.0. The summed E-state index contributed by atoms with van der Waals surface area (Å²) in [4.78, 5) is 0. The van der Waals surface area contributed by atoms with Gasteiger partial charge in [0.05, 0.1) is 5.52 Å². The van der Waals surface area contributed by atoms with Gasteiger partial charge in [0.1, 0.15) is 0 Å². The fourth-order valence-corrected chi connectivity index (χ4v) is 9.49. The lowest BCUT2D eigenvalue weighted by molar-refractivity contribution is 1.02. The number of para-hydroxylation sites is 1. The average Bonchev–Trinajstić information content (AvgIpc) is 3.20. The van der Waals surface area contributed by atoms with Crippen LogP contribution in [0.1, 0.15) is 0 Å². The SMILES string of the molecule is Cn1c2ccccc2c2ccc3c(c21)P(=S)(c1ccccc1)c1ccccc1-3. The zero-order valence-corrected chi connectivity index (χ0v) is 17.2. The molecule has 1 atom stereocenters. The molecular formula is C25H18NPS. The lowest BCUT2D eigenvalue weighted by Gasteiger charge is -2.21. The Morgan fingerprint density at radius 1 is 0.679 bits per heavy atom. The minimum atomic E-state index is -2.12. The van der Waals surface area contributed by atoms with Crippen LogP contribution in [0, 0.1) is 0 Å². The first-order valence-corrected chi connectivity index (χ1v) is 12.3. The smallest absolute Gasteiger partial charge is 0.0587 e. The molecule has 0 N–H and O–H groups in total. The van der Waals surface area contributed by atoms with Crippen molar-refractivity contribution in [2.24, 2.45) is 7.05 Å². The molecule has 3 heteroatoms. The number of rotatable bonds is 1. The number of nitrogens with zero attached hydrogens (tertiary/aromatic N) is 1. The first-order chi connectivity index (χ1) is 13.7. The Bertz CT molecular complexity index is 1450. The number of fused-ring (bicyclic) bond motifs is 7. The van der Waals surface area contributed by atoms with E-state index in [0.717, 1.165) is 0 Å². The summed E-state index contributed by atoms with van der Waals surface area (Å²) in [7, 11) is 2.18. The maximum Gasteiger partial charge on any atom is 0.0587 e. The van der Waals surface area contributed by atoms with Gasteiger partial charge in [0.15, 0.2) is 0 Å². The van der Waals surface area contributed by atoms with Crippen molar-refractivity contribution >= 4 is 55.6 Å². The highest BCUT2D eigenvalue weighted by molar-refractivity contribution is 8.26. The summed E-state index contributed by atoms with van der Waals surface area (Å²) in [5.41, 5.74) is 5.16. The molecule has 2 heterocycles. The van der Waals surface area contributed by atoms with Crippen LogP contribution in [0.25, 0.3) is 32.9 Å². The van der Waals surface area contributed by atoms with Gasteiger partial charge in [-0.25, -0.2) is 0 Å². The number of aryl methyl sites for hydroxylation is 1. The number of hydrogen-bond acceptors (Lipinski definition) is 1. The Morgan fingerprint density at radius 2 is 1.39 bits per heavy atom. The van der Waals surface area contributed by atoms with Crippen LogP contribution < -0.4 is 15.9 Å². The summed E-state index contributed by atoms with van der Waals surface area (Å²) < 4.78 is 2.35.